The number of aliphatic hydroxyl groups excluding tert-OH is 1. The molecule has 1 aromatic heterocycles. The van der Waals surface area contributed by atoms with Gasteiger partial charge in [-0.25, -0.2) is 0 Å². The Morgan fingerprint density at radius 2 is 1.78 bits per heavy atom. The molecule has 0 fully saturated rings. The summed E-state index contributed by atoms with van der Waals surface area (Å²) in [7, 11) is 0. The second-order valence-corrected chi connectivity index (χ2v) is 5.27. The zero-order valence-corrected chi connectivity index (χ0v) is 12.8. The van der Waals surface area contributed by atoms with Gasteiger partial charge < -0.3 is 14.4 Å². The Morgan fingerprint density at radius 3 is 2.57 bits per heavy atom. The van der Waals surface area contributed by atoms with Crippen LogP contribution in [0.5, 0.6) is 5.75 Å². The van der Waals surface area contributed by atoms with Crippen LogP contribution in [-0.4, -0.2) is 16.9 Å². The molecule has 0 unspecified atom stereocenters. The maximum Gasteiger partial charge on any atom is 0.170 e. The van der Waals surface area contributed by atoms with Gasteiger partial charge in [0, 0.05) is 6.07 Å². The molecule has 0 saturated heterocycles. The van der Waals surface area contributed by atoms with Crippen molar-refractivity contribution < 1.29 is 14.4 Å². The van der Waals surface area contributed by atoms with Gasteiger partial charge in [-0.1, -0.05) is 47.6 Å². The van der Waals surface area contributed by atoms with Gasteiger partial charge in [-0.05, 0) is 30.5 Å². The Morgan fingerprint density at radius 1 is 1.00 bits per heavy atom. The van der Waals surface area contributed by atoms with E-state index in [4.69, 9.17) is 14.4 Å². The number of nitrogens with zero attached hydrogens (tertiary/aromatic N) is 1. The van der Waals surface area contributed by atoms with Gasteiger partial charge in [0.25, 0.3) is 0 Å². The number of hydrogen-bond acceptors (Lipinski definition) is 4. The molecule has 0 bridgehead atoms. The van der Waals surface area contributed by atoms with Crippen molar-refractivity contribution in [3.8, 4) is 17.1 Å². The van der Waals surface area contributed by atoms with Gasteiger partial charge >= 0.3 is 0 Å². The van der Waals surface area contributed by atoms with E-state index in [0.717, 1.165) is 24.2 Å². The minimum Gasteiger partial charge on any atom is -0.493 e. The second kappa shape index (κ2) is 7.61. The summed E-state index contributed by atoms with van der Waals surface area (Å²) in [6, 6.07) is 19.8. The average molecular weight is 309 g/mol. The second-order valence-electron chi connectivity index (χ2n) is 5.27. The number of benzene rings is 2. The predicted octanol–water partition coefficient (Wildman–Crippen LogP) is 3.85. The van der Waals surface area contributed by atoms with E-state index in [1.807, 2.05) is 42.5 Å². The molecule has 4 heteroatoms. The lowest BCUT2D eigenvalue weighted by atomic mass is 10.1. The van der Waals surface area contributed by atoms with E-state index in [1.54, 1.807) is 6.07 Å². The highest BCUT2D eigenvalue weighted by molar-refractivity contribution is 5.65. The van der Waals surface area contributed by atoms with Crippen molar-refractivity contribution in [1.29, 1.82) is 0 Å². The standard InChI is InChI=1S/C19H19NO3/c21-14-16-13-19(23-20-16)17-10-4-5-11-18(17)22-12-6-9-15-7-2-1-3-8-15/h1-5,7-8,10-11,13,21H,6,9,12,14H2. The molecule has 0 aliphatic heterocycles. The first-order valence-electron chi connectivity index (χ1n) is 7.69. The summed E-state index contributed by atoms with van der Waals surface area (Å²) < 4.78 is 11.2. The maximum atomic E-state index is 9.09. The summed E-state index contributed by atoms with van der Waals surface area (Å²) >= 11 is 0. The van der Waals surface area contributed by atoms with Crippen molar-refractivity contribution in [1.82, 2.24) is 5.16 Å². The zero-order valence-electron chi connectivity index (χ0n) is 12.8. The van der Waals surface area contributed by atoms with Crippen LogP contribution < -0.4 is 4.74 Å². The minimum atomic E-state index is -0.135. The van der Waals surface area contributed by atoms with E-state index < -0.39 is 0 Å². The van der Waals surface area contributed by atoms with Crippen LogP contribution in [0.1, 0.15) is 17.7 Å². The van der Waals surface area contributed by atoms with E-state index in [-0.39, 0.29) is 6.61 Å². The highest BCUT2D eigenvalue weighted by atomic mass is 16.5. The van der Waals surface area contributed by atoms with Crippen LogP contribution in [0, 0.1) is 0 Å². The summed E-state index contributed by atoms with van der Waals surface area (Å²) in [6.45, 7) is 0.497. The number of para-hydroxylation sites is 1. The fourth-order valence-electron chi connectivity index (χ4n) is 2.41. The number of aliphatic hydroxyl groups is 1. The van der Waals surface area contributed by atoms with Crippen molar-refractivity contribution in [2.24, 2.45) is 0 Å². The molecule has 3 aromatic rings. The van der Waals surface area contributed by atoms with Gasteiger partial charge in [0.05, 0.1) is 18.8 Å². The van der Waals surface area contributed by atoms with Crippen molar-refractivity contribution in [2.45, 2.75) is 19.4 Å². The fraction of sp³-hybridized carbons (Fsp3) is 0.211. The fourth-order valence-corrected chi connectivity index (χ4v) is 2.41. The summed E-state index contributed by atoms with van der Waals surface area (Å²) in [5.74, 6) is 1.37. The molecule has 23 heavy (non-hydrogen) atoms. The monoisotopic (exact) mass is 309 g/mol. The average Bonchev–Trinajstić information content (AvgIpc) is 3.09. The summed E-state index contributed by atoms with van der Waals surface area (Å²) in [5.41, 5.74) is 2.67. The Balaban J connectivity index is 1.62. The molecule has 2 aromatic carbocycles. The lowest BCUT2D eigenvalue weighted by Crippen LogP contribution is -2.00. The lowest BCUT2D eigenvalue weighted by molar-refractivity contribution is 0.267. The SMILES string of the molecule is OCc1cc(-c2ccccc2OCCCc2ccccc2)on1. The first-order chi connectivity index (χ1) is 11.4. The van der Waals surface area contributed by atoms with Crippen molar-refractivity contribution in [3.63, 3.8) is 0 Å². The van der Waals surface area contributed by atoms with Crippen LogP contribution in [0.15, 0.2) is 65.2 Å². The van der Waals surface area contributed by atoms with Gasteiger partial charge in [-0.2, -0.15) is 0 Å². The molecule has 0 aliphatic rings. The van der Waals surface area contributed by atoms with E-state index in [0.29, 0.717) is 18.1 Å². The first-order valence-corrected chi connectivity index (χ1v) is 7.69. The van der Waals surface area contributed by atoms with Crippen LogP contribution in [0.25, 0.3) is 11.3 Å². The van der Waals surface area contributed by atoms with E-state index in [1.165, 1.54) is 5.56 Å². The Kier molecular flexibility index (Phi) is 5.06. The molecule has 4 nitrogen and oxygen atoms in total. The highest BCUT2D eigenvalue weighted by Crippen LogP contribution is 2.30. The summed E-state index contributed by atoms with van der Waals surface area (Å²) in [6.07, 6.45) is 1.93. The largest absolute Gasteiger partial charge is 0.493 e. The predicted molar refractivity (Wildman–Crippen MR) is 88.1 cm³/mol. The quantitative estimate of drug-likeness (QED) is 0.674. The van der Waals surface area contributed by atoms with Crippen LogP contribution in [0.2, 0.25) is 0 Å². The third-order valence-corrected chi connectivity index (χ3v) is 3.58. The molecular weight excluding hydrogens is 290 g/mol. The molecule has 118 valence electrons. The molecule has 0 radical (unpaired) electrons. The van der Waals surface area contributed by atoms with Gasteiger partial charge in [-0.3, -0.25) is 0 Å². The van der Waals surface area contributed by atoms with E-state index in [2.05, 4.69) is 17.3 Å². The van der Waals surface area contributed by atoms with Crippen LogP contribution >= 0.6 is 0 Å². The van der Waals surface area contributed by atoms with Gasteiger partial charge in [0.15, 0.2) is 5.76 Å². The number of hydrogen-bond donors (Lipinski definition) is 1. The summed E-state index contributed by atoms with van der Waals surface area (Å²) in [4.78, 5) is 0. The minimum absolute atomic E-state index is 0.135. The van der Waals surface area contributed by atoms with Crippen LogP contribution in [0.4, 0.5) is 0 Å². The molecule has 3 rings (SSSR count). The van der Waals surface area contributed by atoms with E-state index in [9.17, 15) is 0 Å². The van der Waals surface area contributed by atoms with Gasteiger partial charge in [0.2, 0.25) is 0 Å². The molecule has 0 atom stereocenters. The topological polar surface area (TPSA) is 55.5 Å². The zero-order chi connectivity index (χ0) is 15.9. The molecule has 0 spiro atoms. The van der Waals surface area contributed by atoms with Gasteiger partial charge in [0.1, 0.15) is 11.4 Å². The van der Waals surface area contributed by atoms with Crippen LogP contribution in [0.3, 0.4) is 0 Å². The van der Waals surface area contributed by atoms with Crippen molar-refractivity contribution >= 4 is 0 Å². The van der Waals surface area contributed by atoms with E-state index >= 15 is 0 Å². The molecule has 0 aliphatic carbocycles. The molecular formula is C19H19NO3. The first kappa shape index (κ1) is 15.3. The van der Waals surface area contributed by atoms with Gasteiger partial charge in [-0.15, -0.1) is 0 Å². The Bertz CT molecular complexity index is 737. The van der Waals surface area contributed by atoms with Crippen LogP contribution in [-0.2, 0) is 13.0 Å². The highest BCUT2D eigenvalue weighted by Gasteiger charge is 2.11. The Labute approximate surface area is 135 Å². The molecule has 1 N–H and O–H groups in total. The number of ether oxygens (including phenoxy) is 1. The third-order valence-electron chi connectivity index (χ3n) is 3.58. The smallest absolute Gasteiger partial charge is 0.170 e. The molecule has 0 amide bonds. The van der Waals surface area contributed by atoms with Crippen molar-refractivity contribution in [2.75, 3.05) is 6.61 Å². The maximum absolute atomic E-state index is 9.09. The summed E-state index contributed by atoms with van der Waals surface area (Å²) in [5, 5.41) is 12.9. The molecule has 0 saturated carbocycles. The number of aryl methyl sites for hydroxylation is 1. The number of rotatable bonds is 7. The Hall–Kier alpha value is -2.59. The number of aromatic nitrogens is 1. The molecule has 1 heterocycles. The van der Waals surface area contributed by atoms with Crippen molar-refractivity contribution in [3.05, 3.63) is 71.9 Å². The normalized spacial score (nSPS) is 10.7. The third kappa shape index (κ3) is 3.99. The lowest BCUT2D eigenvalue weighted by Gasteiger charge is -2.09.